The number of hydrogen-bond acceptors (Lipinski definition) is 2. The molecule has 0 amide bonds. The van der Waals surface area contributed by atoms with Crippen molar-refractivity contribution >= 4 is 39.7 Å². The third-order valence-corrected chi connectivity index (χ3v) is 7.11. The average molecular weight is 567 g/mol. The smallest absolute Gasteiger partial charge is 0.340 e. The van der Waals surface area contributed by atoms with Crippen LogP contribution in [0.3, 0.4) is 0 Å². The number of aromatic carboxylic acids is 1. The Morgan fingerprint density at radius 2 is 1.27 bits per heavy atom. The minimum absolute atomic E-state index is 0.286. The van der Waals surface area contributed by atoms with E-state index in [-0.39, 0.29) is 5.56 Å². The molecule has 0 saturated heterocycles. The summed E-state index contributed by atoms with van der Waals surface area (Å²) in [5.41, 5.74) is 1.29. The van der Waals surface area contributed by atoms with Crippen LogP contribution >= 0.6 is 23.0 Å². The van der Waals surface area contributed by atoms with Crippen molar-refractivity contribution in [3.8, 4) is 5.75 Å². The zero-order chi connectivity index (χ0) is 23.7. The lowest BCUT2D eigenvalue weighted by molar-refractivity contribution is 0.0697. The number of benzene rings is 2. The van der Waals surface area contributed by atoms with Crippen LogP contribution in [0.2, 0.25) is 0 Å². The standard InChI is InChI=1S/C29H43IO3/c1-2-3-4-5-6-7-8-9-10-11-12-13-14-15-16-17-21-25-23-24-20-18-19-22-26(24)27(29(31)32)28(25)33-30/h18-20,22-23H,2-17,21H2,1H3,(H,31,32). The van der Waals surface area contributed by atoms with E-state index in [0.29, 0.717) is 5.75 Å². The lowest BCUT2D eigenvalue weighted by atomic mass is 9.96. The second-order valence-electron chi connectivity index (χ2n) is 9.40. The van der Waals surface area contributed by atoms with E-state index in [1.54, 1.807) is 0 Å². The van der Waals surface area contributed by atoms with Gasteiger partial charge in [0.25, 0.3) is 0 Å². The molecule has 0 unspecified atom stereocenters. The molecule has 0 aliphatic rings. The van der Waals surface area contributed by atoms with Crippen LogP contribution < -0.4 is 3.07 Å². The summed E-state index contributed by atoms with van der Waals surface area (Å²) in [6, 6.07) is 9.77. The molecular formula is C29H43IO3. The number of hydrogen-bond donors (Lipinski definition) is 1. The zero-order valence-corrected chi connectivity index (χ0v) is 22.7. The number of rotatable bonds is 19. The fraction of sp³-hybridized carbons (Fsp3) is 0.621. The Hall–Kier alpha value is -1.30. The quantitative estimate of drug-likeness (QED) is 0.136. The van der Waals surface area contributed by atoms with Crippen LogP contribution in [0.15, 0.2) is 30.3 Å². The second-order valence-corrected chi connectivity index (χ2v) is 9.84. The third kappa shape index (κ3) is 10.2. The number of carboxylic acid groups (broad SMARTS) is 1. The average Bonchev–Trinajstić information content (AvgIpc) is 2.82. The van der Waals surface area contributed by atoms with Crippen LogP contribution in [-0.4, -0.2) is 11.1 Å². The fourth-order valence-corrected chi connectivity index (χ4v) is 5.24. The predicted octanol–water partition coefficient (Wildman–Crippen LogP) is 10.1. The second kappa shape index (κ2) is 17.2. The Morgan fingerprint density at radius 3 is 1.76 bits per heavy atom. The van der Waals surface area contributed by atoms with E-state index in [1.165, 1.54) is 96.3 Å². The highest BCUT2D eigenvalue weighted by atomic mass is 127. The molecule has 0 aromatic heterocycles. The van der Waals surface area contributed by atoms with Crippen molar-refractivity contribution < 1.29 is 13.0 Å². The lowest BCUT2D eigenvalue weighted by Gasteiger charge is -2.13. The highest BCUT2D eigenvalue weighted by Gasteiger charge is 2.19. The first-order valence-electron chi connectivity index (χ1n) is 13.3. The van der Waals surface area contributed by atoms with Crippen molar-refractivity contribution in [3.63, 3.8) is 0 Å². The normalized spacial score (nSPS) is 11.2. The first-order chi connectivity index (χ1) is 16.2. The van der Waals surface area contributed by atoms with Gasteiger partial charge in [-0.2, -0.15) is 0 Å². The third-order valence-electron chi connectivity index (χ3n) is 6.67. The summed E-state index contributed by atoms with van der Waals surface area (Å²) in [6.45, 7) is 2.28. The molecule has 184 valence electrons. The Morgan fingerprint density at radius 1 is 0.788 bits per heavy atom. The van der Waals surface area contributed by atoms with Gasteiger partial charge in [0.05, 0.1) is 0 Å². The highest BCUT2D eigenvalue weighted by molar-refractivity contribution is 14.1. The van der Waals surface area contributed by atoms with Crippen LogP contribution in [-0.2, 0) is 6.42 Å². The van der Waals surface area contributed by atoms with Gasteiger partial charge < -0.3 is 8.17 Å². The van der Waals surface area contributed by atoms with E-state index in [4.69, 9.17) is 3.07 Å². The predicted molar refractivity (Wildman–Crippen MR) is 149 cm³/mol. The maximum Gasteiger partial charge on any atom is 0.340 e. The van der Waals surface area contributed by atoms with E-state index in [2.05, 4.69) is 13.0 Å². The van der Waals surface area contributed by atoms with Gasteiger partial charge in [0, 0.05) is 5.39 Å². The number of aryl methyl sites for hydroxylation is 1. The Kier molecular flexibility index (Phi) is 14.5. The summed E-state index contributed by atoms with van der Waals surface area (Å²) in [5, 5.41) is 11.5. The molecule has 2 aromatic rings. The molecule has 0 fully saturated rings. The van der Waals surface area contributed by atoms with Crippen LogP contribution in [0.25, 0.3) is 10.8 Å². The molecule has 0 atom stereocenters. The fourth-order valence-electron chi connectivity index (χ4n) is 4.74. The van der Waals surface area contributed by atoms with E-state index in [0.717, 1.165) is 29.2 Å². The largest absolute Gasteiger partial charge is 0.478 e. The SMILES string of the molecule is CCCCCCCCCCCCCCCCCCc1cc2ccccc2c(C(=O)O)c1OI. The molecule has 4 heteroatoms. The summed E-state index contributed by atoms with van der Waals surface area (Å²) in [6.07, 6.45) is 22.5. The number of unbranched alkanes of at least 4 members (excludes halogenated alkanes) is 15. The van der Waals surface area contributed by atoms with Crippen LogP contribution in [0.1, 0.15) is 126 Å². The van der Waals surface area contributed by atoms with Gasteiger partial charge in [0.2, 0.25) is 0 Å². The minimum Gasteiger partial charge on any atom is -0.478 e. The Balaban J connectivity index is 1.58. The topological polar surface area (TPSA) is 46.5 Å². The van der Waals surface area contributed by atoms with Crippen LogP contribution in [0.4, 0.5) is 0 Å². The molecule has 0 radical (unpaired) electrons. The van der Waals surface area contributed by atoms with Crippen molar-refractivity contribution in [1.29, 1.82) is 0 Å². The zero-order valence-electron chi connectivity index (χ0n) is 20.5. The van der Waals surface area contributed by atoms with Gasteiger partial charge in [-0.3, -0.25) is 0 Å². The number of carboxylic acids is 1. The maximum atomic E-state index is 11.9. The number of carbonyl (C=O) groups is 1. The van der Waals surface area contributed by atoms with Crippen molar-refractivity contribution in [3.05, 3.63) is 41.5 Å². The summed E-state index contributed by atoms with van der Waals surface area (Å²) >= 11 is 1.81. The van der Waals surface area contributed by atoms with Gasteiger partial charge >= 0.3 is 5.97 Å². The lowest BCUT2D eigenvalue weighted by Crippen LogP contribution is -2.03. The maximum absolute atomic E-state index is 11.9. The summed E-state index contributed by atoms with van der Waals surface area (Å²) in [7, 11) is 0. The molecule has 3 nitrogen and oxygen atoms in total. The highest BCUT2D eigenvalue weighted by Crippen LogP contribution is 2.34. The molecule has 0 bridgehead atoms. The van der Waals surface area contributed by atoms with Crippen molar-refractivity contribution in [2.45, 2.75) is 116 Å². The first kappa shape index (κ1) is 27.9. The molecule has 0 spiro atoms. The van der Waals surface area contributed by atoms with Crippen molar-refractivity contribution in [2.24, 2.45) is 0 Å². The minimum atomic E-state index is -0.924. The molecule has 0 heterocycles. The molecule has 33 heavy (non-hydrogen) atoms. The monoisotopic (exact) mass is 566 g/mol. The van der Waals surface area contributed by atoms with E-state index >= 15 is 0 Å². The molecule has 2 aromatic carbocycles. The van der Waals surface area contributed by atoms with Gasteiger partial charge in [-0.05, 0) is 29.9 Å². The van der Waals surface area contributed by atoms with Crippen LogP contribution in [0.5, 0.6) is 5.75 Å². The first-order valence-corrected chi connectivity index (χ1v) is 14.1. The Labute approximate surface area is 215 Å². The van der Waals surface area contributed by atoms with Crippen molar-refractivity contribution in [2.75, 3.05) is 0 Å². The molecule has 1 N–H and O–H groups in total. The van der Waals surface area contributed by atoms with Gasteiger partial charge in [-0.1, -0.05) is 128 Å². The summed E-state index contributed by atoms with van der Waals surface area (Å²) in [5.74, 6) is -0.408. The van der Waals surface area contributed by atoms with E-state index in [1.807, 2.05) is 47.3 Å². The summed E-state index contributed by atoms with van der Waals surface area (Å²) in [4.78, 5) is 11.9. The van der Waals surface area contributed by atoms with Gasteiger partial charge in [-0.15, -0.1) is 0 Å². The van der Waals surface area contributed by atoms with E-state index in [9.17, 15) is 9.90 Å². The number of halogens is 1. The van der Waals surface area contributed by atoms with Gasteiger partial charge in [-0.25, -0.2) is 4.79 Å². The number of fused-ring (bicyclic) bond motifs is 1. The molecule has 0 aliphatic carbocycles. The summed E-state index contributed by atoms with van der Waals surface area (Å²) < 4.78 is 5.51. The molecule has 0 aliphatic heterocycles. The van der Waals surface area contributed by atoms with Gasteiger partial charge in [0.15, 0.2) is 28.8 Å². The Bertz CT molecular complexity index is 818. The van der Waals surface area contributed by atoms with E-state index < -0.39 is 5.97 Å². The van der Waals surface area contributed by atoms with Crippen molar-refractivity contribution in [1.82, 2.24) is 0 Å². The molecule has 0 saturated carbocycles. The van der Waals surface area contributed by atoms with Gasteiger partial charge in [0.1, 0.15) is 5.56 Å². The molecular weight excluding hydrogens is 523 g/mol. The van der Waals surface area contributed by atoms with Crippen LogP contribution in [0, 0.1) is 0 Å². The molecule has 2 rings (SSSR count).